The van der Waals surface area contributed by atoms with Crippen molar-refractivity contribution in [2.45, 2.75) is 26.7 Å². The number of rotatable bonds is 5. The molecule has 0 bridgehead atoms. The Bertz CT molecular complexity index is 390. The number of nitrogens with one attached hydrogen (secondary N) is 2. The molecule has 1 aliphatic rings. The number of aryl methyl sites for hydroxylation is 2. The average molecular weight is 264 g/mol. The topological polar surface area (TPSA) is 59.1 Å². The van der Waals surface area contributed by atoms with Gasteiger partial charge < -0.3 is 15.4 Å². The molecule has 0 unspecified atom stereocenters. The van der Waals surface area contributed by atoms with E-state index in [-0.39, 0.29) is 5.41 Å². The summed E-state index contributed by atoms with van der Waals surface area (Å²) in [5, 5.41) is 6.87. The van der Waals surface area contributed by atoms with E-state index in [1.807, 2.05) is 19.9 Å². The minimum atomic E-state index is 0.215. The normalized spacial score (nSPS) is 18.3. The van der Waals surface area contributed by atoms with Crippen LogP contribution in [0.4, 0.5) is 5.82 Å². The summed E-state index contributed by atoms with van der Waals surface area (Å²) >= 11 is 0. The molecule has 1 aromatic heterocycles. The maximum atomic E-state index is 5.42. The van der Waals surface area contributed by atoms with Crippen molar-refractivity contribution in [2.75, 3.05) is 38.7 Å². The Balaban J connectivity index is 2.01. The highest BCUT2D eigenvalue weighted by Crippen LogP contribution is 2.29. The molecule has 1 fully saturated rings. The van der Waals surface area contributed by atoms with Crippen LogP contribution in [-0.4, -0.2) is 43.3 Å². The molecule has 5 heteroatoms. The number of hydrogen-bond acceptors (Lipinski definition) is 5. The number of methoxy groups -OCH3 is 1. The predicted molar refractivity (Wildman–Crippen MR) is 76.4 cm³/mol. The second-order valence-corrected chi connectivity index (χ2v) is 5.48. The van der Waals surface area contributed by atoms with E-state index < -0.39 is 0 Å². The lowest BCUT2D eigenvalue weighted by atomic mass is 9.79. The van der Waals surface area contributed by atoms with Gasteiger partial charge in [-0.15, -0.1) is 0 Å². The van der Waals surface area contributed by atoms with E-state index in [1.54, 1.807) is 7.11 Å². The van der Waals surface area contributed by atoms with Gasteiger partial charge in [0.05, 0.1) is 6.61 Å². The smallest absolute Gasteiger partial charge is 0.129 e. The van der Waals surface area contributed by atoms with Crippen molar-refractivity contribution in [1.82, 2.24) is 15.3 Å². The Labute approximate surface area is 115 Å². The SMILES string of the molecule is COCC1(CNc2cc(C)nc(C)n2)CCNCC1. The molecule has 2 heterocycles. The lowest BCUT2D eigenvalue weighted by Crippen LogP contribution is -2.44. The number of ether oxygens (including phenoxy) is 1. The van der Waals surface area contributed by atoms with Crippen molar-refractivity contribution < 1.29 is 4.74 Å². The fourth-order valence-corrected chi connectivity index (χ4v) is 2.72. The van der Waals surface area contributed by atoms with Crippen LogP contribution in [-0.2, 0) is 4.74 Å². The van der Waals surface area contributed by atoms with Crippen molar-refractivity contribution in [3.8, 4) is 0 Å². The van der Waals surface area contributed by atoms with Gasteiger partial charge in [-0.05, 0) is 39.8 Å². The van der Waals surface area contributed by atoms with Gasteiger partial charge in [-0.25, -0.2) is 9.97 Å². The molecular weight excluding hydrogens is 240 g/mol. The zero-order chi connectivity index (χ0) is 13.7. The number of nitrogens with zero attached hydrogens (tertiary/aromatic N) is 2. The first-order chi connectivity index (χ1) is 9.13. The fourth-order valence-electron chi connectivity index (χ4n) is 2.72. The summed E-state index contributed by atoms with van der Waals surface area (Å²) in [6.45, 7) is 7.74. The van der Waals surface area contributed by atoms with Gasteiger partial charge in [0.25, 0.3) is 0 Å². The maximum absolute atomic E-state index is 5.42. The van der Waals surface area contributed by atoms with E-state index in [4.69, 9.17) is 4.74 Å². The molecule has 0 radical (unpaired) electrons. The predicted octanol–water partition coefficient (Wildman–Crippen LogP) is 1.52. The Hall–Kier alpha value is -1.20. The van der Waals surface area contributed by atoms with E-state index in [0.717, 1.165) is 56.4 Å². The van der Waals surface area contributed by atoms with Crippen LogP contribution in [0.3, 0.4) is 0 Å². The van der Waals surface area contributed by atoms with Crippen molar-refractivity contribution in [1.29, 1.82) is 0 Å². The van der Waals surface area contributed by atoms with Crippen molar-refractivity contribution in [3.05, 3.63) is 17.6 Å². The van der Waals surface area contributed by atoms with Gasteiger partial charge in [-0.2, -0.15) is 0 Å². The lowest BCUT2D eigenvalue weighted by Gasteiger charge is -2.37. The van der Waals surface area contributed by atoms with E-state index in [9.17, 15) is 0 Å². The first-order valence-corrected chi connectivity index (χ1v) is 6.89. The molecule has 5 nitrogen and oxygen atoms in total. The molecule has 0 spiro atoms. The van der Waals surface area contributed by atoms with E-state index in [2.05, 4.69) is 20.6 Å². The van der Waals surface area contributed by atoms with E-state index >= 15 is 0 Å². The third-order valence-electron chi connectivity index (χ3n) is 3.73. The summed E-state index contributed by atoms with van der Waals surface area (Å²) < 4.78 is 5.42. The molecule has 0 aromatic carbocycles. The molecule has 106 valence electrons. The van der Waals surface area contributed by atoms with Gasteiger partial charge in [-0.1, -0.05) is 0 Å². The van der Waals surface area contributed by atoms with Gasteiger partial charge >= 0.3 is 0 Å². The molecule has 19 heavy (non-hydrogen) atoms. The van der Waals surface area contributed by atoms with Crippen LogP contribution in [0.2, 0.25) is 0 Å². The van der Waals surface area contributed by atoms with Crippen molar-refractivity contribution in [3.63, 3.8) is 0 Å². The Kier molecular flexibility index (Phi) is 4.71. The van der Waals surface area contributed by atoms with Gasteiger partial charge in [0.15, 0.2) is 0 Å². The zero-order valence-corrected chi connectivity index (χ0v) is 12.1. The standard InChI is InChI=1S/C14H24N4O/c1-11-8-13(18-12(2)17-11)16-9-14(10-19-3)4-6-15-7-5-14/h8,15H,4-7,9-10H2,1-3H3,(H,16,17,18). The van der Waals surface area contributed by atoms with Gasteiger partial charge in [-0.3, -0.25) is 0 Å². The molecule has 0 atom stereocenters. The van der Waals surface area contributed by atoms with Crippen molar-refractivity contribution >= 4 is 5.82 Å². The first-order valence-electron chi connectivity index (χ1n) is 6.89. The number of aromatic nitrogens is 2. The first kappa shape index (κ1) is 14.2. The number of anilines is 1. The minimum Gasteiger partial charge on any atom is -0.384 e. The van der Waals surface area contributed by atoms with Crippen LogP contribution in [0.15, 0.2) is 6.07 Å². The summed E-state index contributed by atoms with van der Waals surface area (Å²) in [6, 6.07) is 1.99. The molecule has 2 rings (SSSR count). The summed E-state index contributed by atoms with van der Waals surface area (Å²) in [6.07, 6.45) is 2.27. The van der Waals surface area contributed by atoms with E-state index in [1.165, 1.54) is 0 Å². The minimum absolute atomic E-state index is 0.215. The quantitative estimate of drug-likeness (QED) is 0.844. The number of piperidine rings is 1. The lowest BCUT2D eigenvalue weighted by molar-refractivity contribution is 0.0635. The zero-order valence-electron chi connectivity index (χ0n) is 12.1. The molecule has 0 aliphatic carbocycles. The van der Waals surface area contributed by atoms with Crippen LogP contribution in [0.5, 0.6) is 0 Å². The summed E-state index contributed by atoms with van der Waals surface area (Å²) in [5.41, 5.74) is 1.22. The summed E-state index contributed by atoms with van der Waals surface area (Å²) in [7, 11) is 1.78. The van der Waals surface area contributed by atoms with Gasteiger partial charge in [0.2, 0.25) is 0 Å². The molecule has 0 saturated carbocycles. The molecule has 2 N–H and O–H groups in total. The highest BCUT2D eigenvalue weighted by Gasteiger charge is 2.32. The third kappa shape index (κ3) is 3.88. The van der Waals surface area contributed by atoms with Gasteiger partial charge in [0.1, 0.15) is 11.6 Å². The Morgan fingerprint density at radius 3 is 2.68 bits per heavy atom. The summed E-state index contributed by atoms with van der Waals surface area (Å²) in [5.74, 6) is 1.73. The highest BCUT2D eigenvalue weighted by atomic mass is 16.5. The third-order valence-corrected chi connectivity index (χ3v) is 3.73. The summed E-state index contributed by atoms with van der Waals surface area (Å²) in [4.78, 5) is 8.73. The van der Waals surface area contributed by atoms with Crippen LogP contribution >= 0.6 is 0 Å². The van der Waals surface area contributed by atoms with Crippen LogP contribution in [0, 0.1) is 19.3 Å². The Morgan fingerprint density at radius 1 is 1.32 bits per heavy atom. The largest absolute Gasteiger partial charge is 0.384 e. The monoisotopic (exact) mass is 264 g/mol. The Morgan fingerprint density at radius 2 is 2.05 bits per heavy atom. The maximum Gasteiger partial charge on any atom is 0.129 e. The molecular formula is C14H24N4O. The molecule has 1 saturated heterocycles. The van der Waals surface area contributed by atoms with E-state index in [0.29, 0.717) is 0 Å². The van der Waals surface area contributed by atoms with Gasteiger partial charge in [0, 0.05) is 30.8 Å². The second kappa shape index (κ2) is 6.30. The van der Waals surface area contributed by atoms with Crippen molar-refractivity contribution in [2.24, 2.45) is 5.41 Å². The highest BCUT2D eigenvalue weighted by molar-refractivity contribution is 5.36. The average Bonchev–Trinajstić information content (AvgIpc) is 2.37. The number of hydrogen-bond donors (Lipinski definition) is 2. The second-order valence-electron chi connectivity index (χ2n) is 5.48. The molecule has 1 aliphatic heterocycles. The molecule has 1 aromatic rings. The van der Waals surface area contributed by atoms with Crippen LogP contribution in [0.25, 0.3) is 0 Å². The fraction of sp³-hybridized carbons (Fsp3) is 0.714. The van der Waals surface area contributed by atoms with Crippen LogP contribution < -0.4 is 10.6 Å². The molecule has 0 amide bonds. The van der Waals surface area contributed by atoms with Crippen LogP contribution in [0.1, 0.15) is 24.4 Å².